The van der Waals surface area contributed by atoms with Gasteiger partial charge in [0, 0.05) is 27.2 Å². The average molecular weight is 468 g/mol. The minimum atomic E-state index is 0.805. The third-order valence-corrected chi connectivity index (χ3v) is 8.41. The van der Waals surface area contributed by atoms with E-state index in [0.29, 0.717) is 0 Å². The molecule has 3 nitrogen and oxygen atoms in total. The maximum atomic E-state index is 5.33. The molecule has 0 radical (unpaired) electrons. The highest BCUT2D eigenvalue weighted by Gasteiger charge is 2.14. The van der Waals surface area contributed by atoms with Crippen molar-refractivity contribution >= 4 is 52.2 Å². The van der Waals surface area contributed by atoms with E-state index in [1.807, 2.05) is 46.9 Å². The molecule has 6 aromatic rings. The molecule has 2 heterocycles. The molecule has 0 atom stereocenters. The molecule has 0 aliphatic heterocycles. The lowest BCUT2D eigenvalue weighted by Crippen LogP contribution is -2.10. The molecular formula is C28H21NO2S2. The Hall–Kier alpha value is -3.38. The van der Waals surface area contributed by atoms with E-state index in [4.69, 9.17) is 9.57 Å². The zero-order valence-electron chi connectivity index (χ0n) is 18.2. The largest absolute Gasteiger partial charge is 0.497 e. The summed E-state index contributed by atoms with van der Waals surface area (Å²) in [5, 5.41) is 2.67. The smallest absolute Gasteiger partial charge is 0.147 e. The number of fused-ring (bicyclic) bond motifs is 5. The van der Waals surface area contributed by atoms with Gasteiger partial charge < -0.3 is 9.57 Å². The number of benzene rings is 4. The number of thiophene rings is 2. The Balaban J connectivity index is 1.40. The first-order valence-electron chi connectivity index (χ1n) is 10.7. The van der Waals surface area contributed by atoms with E-state index < -0.39 is 0 Å². The fraction of sp³-hybridized carbons (Fsp3) is 0.0714. The van der Waals surface area contributed by atoms with Crippen LogP contribution in [0.4, 0.5) is 0 Å². The summed E-state index contributed by atoms with van der Waals surface area (Å²) in [5.74, 6) is 1.68. The third kappa shape index (κ3) is 3.55. The van der Waals surface area contributed by atoms with E-state index in [1.165, 1.54) is 51.8 Å². The van der Waals surface area contributed by atoms with E-state index in [9.17, 15) is 0 Å². The van der Waals surface area contributed by atoms with Gasteiger partial charge in [-0.1, -0.05) is 48.5 Å². The van der Waals surface area contributed by atoms with Gasteiger partial charge in [-0.05, 0) is 58.7 Å². The minimum Gasteiger partial charge on any atom is -0.497 e. The summed E-state index contributed by atoms with van der Waals surface area (Å²) in [4.78, 5) is 5.33. The van der Waals surface area contributed by atoms with Gasteiger partial charge in [-0.3, -0.25) is 0 Å². The quantitative estimate of drug-likeness (QED) is 0.260. The molecule has 1 N–H and O–H groups in total. The number of hydrogen-bond donors (Lipinski definition) is 1. The van der Waals surface area contributed by atoms with Gasteiger partial charge >= 0.3 is 0 Å². The van der Waals surface area contributed by atoms with E-state index in [-0.39, 0.29) is 0 Å². The summed E-state index contributed by atoms with van der Waals surface area (Å²) < 4.78 is 10.7. The lowest BCUT2D eigenvalue weighted by molar-refractivity contribution is 0.224. The molecule has 0 aliphatic rings. The van der Waals surface area contributed by atoms with Crippen LogP contribution in [0, 0.1) is 0 Å². The predicted octanol–water partition coefficient (Wildman–Crippen LogP) is 8.13. The first-order chi connectivity index (χ1) is 16.2. The SMILES string of the molecule is CNOc1ccc(-c2ccc3c(c2)sc2c4ccc(-c5ccc(OC)cc5)cc4sc32)cc1. The molecule has 2 aromatic heterocycles. The monoisotopic (exact) mass is 467 g/mol. The molecule has 0 bridgehead atoms. The molecule has 0 unspecified atom stereocenters. The van der Waals surface area contributed by atoms with Crippen molar-refractivity contribution in [2.75, 3.05) is 14.2 Å². The number of ether oxygens (including phenoxy) is 1. The molecule has 0 saturated carbocycles. The molecule has 4 aromatic carbocycles. The molecule has 0 fully saturated rings. The topological polar surface area (TPSA) is 30.5 Å². The maximum Gasteiger partial charge on any atom is 0.147 e. The van der Waals surface area contributed by atoms with Crippen molar-refractivity contribution in [1.29, 1.82) is 0 Å². The first-order valence-corrected chi connectivity index (χ1v) is 12.3. The van der Waals surface area contributed by atoms with Crippen LogP contribution >= 0.6 is 22.7 Å². The normalized spacial score (nSPS) is 11.5. The zero-order valence-corrected chi connectivity index (χ0v) is 19.8. The number of rotatable bonds is 5. The summed E-state index contributed by atoms with van der Waals surface area (Å²) in [6, 6.07) is 30.0. The standard InChI is InChI=1S/C28H21NO2S2/c1-29-31-22-11-5-18(6-12-22)20-8-14-24-26(16-20)33-27-23-13-7-19(15-25(23)32-28(24)27)17-3-9-21(30-2)10-4-17/h3-16,29H,1-2H3. The Morgan fingerprint density at radius 2 is 1.03 bits per heavy atom. The van der Waals surface area contributed by atoms with Crippen molar-refractivity contribution in [3.05, 3.63) is 84.9 Å². The molecule has 33 heavy (non-hydrogen) atoms. The van der Waals surface area contributed by atoms with Crippen LogP contribution in [-0.4, -0.2) is 14.2 Å². The van der Waals surface area contributed by atoms with Crippen LogP contribution in [0.15, 0.2) is 84.9 Å². The van der Waals surface area contributed by atoms with E-state index in [1.54, 1.807) is 14.2 Å². The van der Waals surface area contributed by atoms with E-state index >= 15 is 0 Å². The Bertz CT molecular complexity index is 1600. The van der Waals surface area contributed by atoms with Gasteiger partial charge in [0.2, 0.25) is 0 Å². The van der Waals surface area contributed by atoms with Gasteiger partial charge in [-0.2, -0.15) is 5.48 Å². The highest BCUT2D eigenvalue weighted by Crippen LogP contribution is 2.46. The van der Waals surface area contributed by atoms with Crippen LogP contribution in [0.1, 0.15) is 0 Å². The van der Waals surface area contributed by atoms with Crippen molar-refractivity contribution < 1.29 is 9.57 Å². The number of methoxy groups -OCH3 is 1. The van der Waals surface area contributed by atoms with Crippen LogP contribution < -0.4 is 15.1 Å². The Labute approximate surface area is 199 Å². The Kier molecular flexibility index (Phi) is 5.03. The van der Waals surface area contributed by atoms with Gasteiger partial charge in [-0.25, -0.2) is 0 Å². The maximum absolute atomic E-state index is 5.33. The molecule has 6 rings (SSSR count). The summed E-state index contributed by atoms with van der Waals surface area (Å²) in [5.41, 5.74) is 7.55. The average Bonchev–Trinajstić information content (AvgIpc) is 3.40. The second-order valence-electron chi connectivity index (χ2n) is 7.84. The van der Waals surface area contributed by atoms with Gasteiger partial charge in [0.15, 0.2) is 0 Å². The van der Waals surface area contributed by atoms with Gasteiger partial charge in [-0.15, -0.1) is 22.7 Å². The number of hydrogen-bond acceptors (Lipinski definition) is 5. The van der Waals surface area contributed by atoms with Crippen LogP contribution in [0.25, 0.3) is 51.8 Å². The summed E-state index contributed by atoms with van der Waals surface area (Å²) in [6.07, 6.45) is 0. The van der Waals surface area contributed by atoms with Crippen LogP contribution in [0.5, 0.6) is 11.5 Å². The molecular weight excluding hydrogens is 446 g/mol. The van der Waals surface area contributed by atoms with Gasteiger partial charge in [0.05, 0.1) is 16.5 Å². The van der Waals surface area contributed by atoms with Gasteiger partial charge in [0.25, 0.3) is 0 Å². The van der Waals surface area contributed by atoms with Crippen LogP contribution in [0.3, 0.4) is 0 Å². The van der Waals surface area contributed by atoms with Gasteiger partial charge in [0.1, 0.15) is 11.5 Å². The number of nitrogens with one attached hydrogen (secondary N) is 1. The van der Waals surface area contributed by atoms with Crippen molar-refractivity contribution in [3.63, 3.8) is 0 Å². The molecule has 162 valence electrons. The van der Waals surface area contributed by atoms with Crippen molar-refractivity contribution in [2.45, 2.75) is 0 Å². The van der Waals surface area contributed by atoms with Crippen molar-refractivity contribution in [2.24, 2.45) is 0 Å². The first kappa shape index (κ1) is 20.2. The molecule has 0 spiro atoms. The molecule has 0 amide bonds. The highest BCUT2D eigenvalue weighted by molar-refractivity contribution is 7.36. The minimum absolute atomic E-state index is 0.805. The van der Waals surface area contributed by atoms with Crippen LogP contribution in [0.2, 0.25) is 0 Å². The fourth-order valence-corrected chi connectivity index (χ4v) is 6.96. The van der Waals surface area contributed by atoms with E-state index in [2.05, 4.69) is 66.1 Å². The molecule has 5 heteroatoms. The summed E-state index contributed by atoms with van der Waals surface area (Å²) in [6.45, 7) is 0. The lowest BCUT2D eigenvalue weighted by atomic mass is 10.0. The van der Waals surface area contributed by atoms with Crippen molar-refractivity contribution in [1.82, 2.24) is 5.48 Å². The molecule has 0 aliphatic carbocycles. The number of hydroxylamine groups is 1. The van der Waals surface area contributed by atoms with Crippen molar-refractivity contribution in [3.8, 4) is 33.8 Å². The summed E-state index contributed by atoms with van der Waals surface area (Å²) in [7, 11) is 3.45. The molecule has 0 saturated heterocycles. The second kappa shape index (κ2) is 8.19. The Morgan fingerprint density at radius 3 is 1.48 bits per heavy atom. The van der Waals surface area contributed by atoms with E-state index in [0.717, 1.165) is 11.5 Å². The van der Waals surface area contributed by atoms with Crippen LogP contribution in [-0.2, 0) is 0 Å². The Morgan fingerprint density at radius 1 is 0.576 bits per heavy atom. The zero-order chi connectivity index (χ0) is 22.4. The fourth-order valence-electron chi connectivity index (χ4n) is 4.23. The summed E-state index contributed by atoms with van der Waals surface area (Å²) >= 11 is 3.77. The highest BCUT2D eigenvalue weighted by atomic mass is 32.1. The second-order valence-corrected chi connectivity index (χ2v) is 9.95. The third-order valence-electron chi connectivity index (χ3n) is 5.91. The predicted molar refractivity (Wildman–Crippen MR) is 142 cm³/mol. The lowest BCUT2D eigenvalue weighted by Gasteiger charge is -2.05.